The molecule has 0 aliphatic rings. The zero-order valence-electron chi connectivity index (χ0n) is 13.4. The predicted molar refractivity (Wildman–Crippen MR) is 84.6 cm³/mol. The van der Waals surface area contributed by atoms with Gasteiger partial charge in [-0.1, -0.05) is 32.8 Å². The average molecular weight is 279 g/mol. The van der Waals surface area contributed by atoms with Gasteiger partial charge in [0.25, 0.3) is 0 Å². The third kappa shape index (κ3) is 5.83. The van der Waals surface area contributed by atoms with Crippen LogP contribution in [-0.2, 0) is 6.54 Å². The van der Waals surface area contributed by atoms with Gasteiger partial charge in [-0.25, -0.2) is 0 Å². The van der Waals surface area contributed by atoms with Crippen LogP contribution in [0.5, 0.6) is 11.5 Å². The largest absolute Gasteiger partial charge is 0.493 e. The van der Waals surface area contributed by atoms with Crippen LogP contribution in [0.1, 0.15) is 52.0 Å². The van der Waals surface area contributed by atoms with Crippen molar-refractivity contribution in [3.63, 3.8) is 0 Å². The van der Waals surface area contributed by atoms with Crippen molar-refractivity contribution >= 4 is 0 Å². The summed E-state index contributed by atoms with van der Waals surface area (Å²) in [5, 5.41) is 3.48. The molecule has 0 radical (unpaired) electrons. The fourth-order valence-corrected chi connectivity index (χ4v) is 1.91. The van der Waals surface area contributed by atoms with Gasteiger partial charge in [-0.05, 0) is 37.5 Å². The molecular formula is C17H29NO2. The summed E-state index contributed by atoms with van der Waals surface area (Å²) in [5.74, 6) is 1.67. The molecule has 0 aliphatic carbocycles. The summed E-state index contributed by atoms with van der Waals surface area (Å²) in [4.78, 5) is 0. The molecule has 0 aliphatic heterocycles. The van der Waals surface area contributed by atoms with E-state index in [1.165, 1.54) is 18.4 Å². The Kier molecular flexibility index (Phi) is 8.12. The van der Waals surface area contributed by atoms with E-state index in [4.69, 9.17) is 9.47 Å². The monoisotopic (exact) mass is 279 g/mol. The summed E-state index contributed by atoms with van der Waals surface area (Å²) in [7, 11) is 1.69. The van der Waals surface area contributed by atoms with E-state index in [0.29, 0.717) is 6.04 Å². The number of methoxy groups -OCH3 is 1. The summed E-state index contributed by atoms with van der Waals surface area (Å²) >= 11 is 0. The van der Waals surface area contributed by atoms with Crippen LogP contribution in [0.2, 0.25) is 0 Å². The highest BCUT2D eigenvalue weighted by atomic mass is 16.5. The molecule has 1 rings (SSSR count). The molecule has 0 aromatic heterocycles. The zero-order chi connectivity index (χ0) is 14.8. The molecule has 1 atom stereocenters. The second-order valence-corrected chi connectivity index (χ2v) is 5.23. The first kappa shape index (κ1) is 16.8. The molecule has 1 aromatic carbocycles. The summed E-state index contributed by atoms with van der Waals surface area (Å²) in [6, 6.07) is 6.71. The van der Waals surface area contributed by atoms with E-state index in [1.807, 2.05) is 6.07 Å². The highest BCUT2D eigenvalue weighted by molar-refractivity contribution is 5.42. The van der Waals surface area contributed by atoms with Gasteiger partial charge >= 0.3 is 0 Å². The van der Waals surface area contributed by atoms with Crippen molar-refractivity contribution in [2.24, 2.45) is 0 Å². The Bertz CT molecular complexity index is 379. The maximum atomic E-state index is 5.79. The molecule has 0 amide bonds. The Balaban J connectivity index is 2.55. The lowest BCUT2D eigenvalue weighted by Gasteiger charge is -2.14. The van der Waals surface area contributed by atoms with Gasteiger partial charge in [-0.15, -0.1) is 0 Å². The average Bonchev–Trinajstić information content (AvgIpc) is 2.49. The molecule has 3 heteroatoms. The molecule has 0 spiro atoms. The van der Waals surface area contributed by atoms with Gasteiger partial charge in [-0.3, -0.25) is 0 Å². The normalized spacial score (nSPS) is 12.2. The van der Waals surface area contributed by atoms with Crippen LogP contribution in [0.25, 0.3) is 0 Å². The van der Waals surface area contributed by atoms with Gasteiger partial charge in [0.1, 0.15) is 0 Å². The number of benzene rings is 1. The van der Waals surface area contributed by atoms with Gasteiger partial charge in [0.15, 0.2) is 11.5 Å². The van der Waals surface area contributed by atoms with Crippen molar-refractivity contribution < 1.29 is 9.47 Å². The lowest BCUT2D eigenvalue weighted by atomic mass is 10.1. The van der Waals surface area contributed by atoms with E-state index in [1.54, 1.807) is 7.11 Å². The number of ether oxygens (including phenoxy) is 2. The Hall–Kier alpha value is -1.22. The van der Waals surface area contributed by atoms with Crippen LogP contribution >= 0.6 is 0 Å². The van der Waals surface area contributed by atoms with Crippen LogP contribution in [-0.4, -0.2) is 19.8 Å². The summed E-state index contributed by atoms with van der Waals surface area (Å²) in [5.41, 5.74) is 1.23. The Labute approximate surface area is 123 Å². The zero-order valence-corrected chi connectivity index (χ0v) is 13.4. The number of hydrogen-bond acceptors (Lipinski definition) is 3. The minimum absolute atomic E-state index is 0.533. The number of rotatable bonds is 10. The third-order valence-electron chi connectivity index (χ3n) is 3.50. The lowest BCUT2D eigenvalue weighted by molar-refractivity contribution is 0.286. The molecule has 20 heavy (non-hydrogen) atoms. The molecule has 0 heterocycles. The second kappa shape index (κ2) is 9.65. The fraction of sp³-hybridized carbons (Fsp3) is 0.647. The Morgan fingerprint density at radius 1 is 1.15 bits per heavy atom. The maximum absolute atomic E-state index is 5.79. The van der Waals surface area contributed by atoms with Gasteiger partial charge in [0.05, 0.1) is 13.7 Å². The van der Waals surface area contributed by atoms with Crippen LogP contribution in [0.4, 0.5) is 0 Å². The molecule has 114 valence electrons. The van der Waals surface area contributed by atoms with E-state index >= 15 is 0 Å². The number of nitrogens with one attached hydrogen (secondary N) is 1. The summed E-state index contributed by atoms with van der Waals surface area (Å²) < 4.78 is 11.2. The van der Waals surface area contributed by atoms with Crippen LogP contribution in [0.3, 0.4) is 0 Å². The predicted octanol–water partition coefficient (Wildman–Crippen LogP) is 4.15. The van der Waals surface area contributed by atoms with Gasteiger partial charge in [0.2, 0.25) is 0 Å². The molecule has 0 saturated carbocycles. The molecule has 0 bridgehead atoms. The standard InChI is InChI=1S/C17H29NO2/c1-5-7-8-11-20-16-10-9-15(12-17(16)19-4)13-18-14(3)6-2/h9-10,12,14,18H,5-8,11,13H2,1-4H3. The first-order valence-corrected chi connectivity index (χ1v) is 7.74. The van der Waals surface area contributed by atoms with Crippen molar-refractivity contribution in [2.75, 3.05) is 13.7 Å². The topological polar surface area (TPSA) is 30.5 Å². The van der Waals surface area contributed by atoms with E-state index in [0.717, 1.165) is 37.5 Å². The molecule has 0 saturated heterocycles. The second-order valence-electron chi connectivity index (χ2n) is 5.23. The lowest BCUT2D eigenvalue weighted by Crippen LogP contribution is -2.24. The van der Waals surface area contributed by atoms with E-state index in [2.05, 4.69) is 38.2 Å². The summed E-state index contributed by atoms with van der Waals surface area (Å²) in [6.07, 6.45) is 4.65. The van der Waals surface area contributed by atoms with Crippen LogP contribution < -0.4 is 14.8 Å². The molecule has 1 unspecified atom stereocenters. The highest BCUT2D eigenvalue weighted by Crippen LogP contribution is 2.28. The smallest absolute Gasteiger partial charge is 0.161 e. The fourth-order valence-electron chi connectivity index (χ4n) is 1.91. The van der Waals surface area contributed by atoms with Crippen molar-refractivity contribution in [2.45, 2.75) is 59.0 Å². The number of unbranched alkanes of at least 4 members (excludes halogenated alkanes) is 2. The van der Waals surface area contributed by atoms with Crippen LogP contribution in [0.15, 0.2) is 18.2 Å². The van der Waals surface area contributed by atoms with Crippen molar-refractivity contribution in [1.29, 1.82) is 0 Å². The molecule has 1 aromatic rings. The molecular weight excluding hydrogens is 250 g/mol. The SMILES string of the molecule is CCCCCOc1ccc(CNC(C)CC)cc1OC. The minimum atomic E-state index is 0.533. The highest BCUT2D eigenvalue weighted by Gasteiger charge is 2.06. The van der Waals surface area contributed by atoms with Gasteiger partial charge in [0, 0.05) is 12.6 Å². The Morgan fingerprint density at radius 2 is 1.95 bits per heavy atom. The molecule has 0 fully saturated rings. The van der Waals surface area contributed by atoms with Gasteiger partial charge < -0.3 is 14.8 Å². The van der Waals surface area contributed by atoms with E-state index < -0.39 is 0 Å². The first-order valence-electron chi connectivity index (χ1n) is 7.74. The summed E-state index contributed by atoms with van der Waals surface area (Å²) in [6.45, 7) is 8.20. The van der Waals surface area contributed by atoms with Crippen molar-refractivity contribution in [3.8, 4) is 11.5 Å². The number of hydrogen-bond donors (Lipinski definition) is 1. The quantitative estimate of drug-likeness (QED) is 0.653. The third-order valence-corrected chi connectivity index (χ3v) is 3.50. The maximum Gasteiger partial charge on any atom is 0.161 e. The van der Waals surface area contributed by atoms with E-state index in [-0.39, 0.29) is 0 Å². The van der Waals surface area contributed by atoms with Crippen molar-refractivity contribution in [3.05, 3.63) is 23.8 Å². The first-order chi connectivity index (χ1) is 9.71. The van der Waals surface area contributed by atoms with Crippen molar-refractivity contribution in [1.82, 2.24) is 5.32 Å². The van der Waals surface area contributed by atoms with Crippen LogP contribution in [0, 0.1) is 0 Å². The molecule has 1 N–H and O–H groups in total. The minimum Gasteiger partial charge on any atom is -0.493 e. The van der Waals surface area contributed by atoms with E-state index in [9.17, 15) is 0 Å². The Morgan fingerprint density at radius 3 is 2.60 bits per heavy atom. The molecule has 3 nitrogen and oxygen atoms in total. The van der Waals surface area contributed by atoms with Gasteiger partial charge in [-0.2, -0.15) is 0 Å².